The van der Waals surface area contributed by atoms with Crippen molar-refractivity contribution in [1.29, 1.82) is 5.26 Å². The number of nitriles is 1. The Morgan fingerprint density at radius 3 is 2.56 bits per heavy atom. The van der Waals surface area contributed by atoms with Crippen LogP contribution in [0.3, 0.4) is 0 Å². The highest BCUT2D eigenvalue weighted by atomic mass is 32.2. The number of nitrogens with zero attached hydrogens (tertiary/aromatic N) is 3. The number of hydrogen-bond acceptors (Lipinski definition) is 7. The molecule has 2 rings (SSSR count). The van der Waals surface area contributed by atoms with Crippen LogP contribution in [0.15, 0.2) is 35.4 Å². The fraction of sp³-hybridized carbons (Fsp3) is 0.312. The van der Waals surface area contributed by atoms with E-state index in [0.29, 0.717) is 12.2 Å². The Labute approximate surface area is 147 Å². The summed E-state index contributed by atoms with van der Waals surface area (Å²) in [5.41, 5.74) is 6.43. The summed E-state index contributed by atoms with van der Waals surface area (Å²) in [6, 6.07) is 8.10. The molecule has 0 aliphatic carbocycles. The fourth-order valence-electron chi connectivity index (χ4n) is 2.05. The number of aromatic nitrogens is 2. The van der Waals surface area contributed by atoms with Crippen LogP contribution in [0.2, 0.25) is 0 Å². The summed E-state index contributed by atoms with van der Waals surface area (Å²) in [6.07, 6.45) is 4.15. The van der Waals surface area contributed by atoms with Crippen molar-refractivity contribution in [3.05, 3.63) is 36.0 Å². The van der Waals surface area contributed by atoms with Gasteiger partial charge in [-0.05, 0) is 30.7 Å². The highest BCUT2D eigenvalue weighted by Crippen LogP contribution is 2.18. The van der Waals surface area contributed by atoms with E-state index in [-0.39, 0.29) is 22.2 Å². The Balaban J connectivity index is 2.04. The molecule has 2 aromatic rings. The maximum atomic E-state index is 12.2. The topological polar surface area (TPSA) is 134 Å². The highest BCUT2D eigenvalue weighted by molar-refractivity contribution is 7.89. The van der Waals surface area contributed by atoms with Gasteiger partial charge in [-0.1, -0.05) is 19.8 Å². The van der Waals surface area contributed by atoms with Crippen LogP contribution in [-0.4, -0.2) is 24.9 Å². The number of hydrogen-bond donors (Lipinski definition) is 3. The third-order valence-corrected chi connectivity index (χ3v) is 4.91. The lowest BCUT2D eigenvalue weighted by Crippen LogP contribution is -2.24. The summed E-state index contributed by atoms with van der Waals surface area (Å²) in [4.78, 5) is 8.14. The first-order valence-corrected chi connectivity index (χ1v) is 9.34. The van der Waals surface area contributed by atoms with E-state index in [0.717, 1.165) is 19.3 Å². The van der Waals surface area contributed by atoms with Gasteiger partial charge in [-0.3, -0.25) is 0 Å². The molecule has 1 heterocycles. The first-order valence-electron chi connectivity index (χ1n) is 7.85. The lowest BCUT2D eigenvalue weighted by molar-refractivity contribution is 0.576. The van der Waals surface area contributed by atoms with Crippen molar-refractivity contribution in [3.8, 4) is 6.07 Å². The minimum absolute atomic E-state index is 0.0791. The molecule has 1 aromatic heterocycles. The Morgan fingerprint density at radius 1 is 1.24 bits per heavy atom. The van der Waals surface area contributed by atoms with Gasteiger partial charge >= 0.3 is 0 Å². The van der Waals surface area contributed by atoms with E-state index in [1.54, 1.807) is 12.1 Å². The van der Waals surface area contributed by atoms with Crippen LogP contribution < -0.4 is 15.8 Å². The van der Waals surface area contributed by atoms with Crippen LogP contribution in [0.25, 0.3) is 0 Å². The summed E-state index contributed by atoms with van der Waals surface area (Å²) >= 11 is 0. The second-order valence-electron chi connectivity index (χ2n) is 5.36. The Kier molecular flexibility index (Phi) is 6.27. The molecule has 4 N–H and O–H groups in total. The summed E-state index contributed by atoms with van der Waals surface area (Å²) in [5, 5.41) is 11.7. The van der Waals surface area contributed by atoms with E-state index >= 15 is 0 Å². The molecule has 1 aromatic carbocycles. The average Bonchev–Trinajstić information content (AvgIpc) is 2.59. The van der Waals surface area contributed by atoms with Crippen molar-refractivity contribution < 1.29 is 8.42 Å². The summed E-state index contributed by atoms with van der Waals surface area (Å²) < 4.78 is 26.9. The molecule has 25 heavy (non-hydrogen) atoms. The summed E-state index contributed by atoms with van der Waals surface area (Å²) in [7, 11) is -3.51. The number of sulfonamides is 1. The molecule has 0 fully saturated rings. The standard InChI is InChI=1S/C16H20N6O2S/c1-2-3-4-9-20-25(23,24)14-7-5-13(6-8-14)21-16-19-11-12(10-17)15(18)22-16/h5-8,11,20H,2-4,9H2,1H3,(H3,18,19,21,22). The molecule has 0 saturated carbocycles. The van der Waals surface area contributed by atoms with Crippen LogP contribution in [-0.2, 0) is 10.0 Å². The van der Waals surface area contributed by atoms with E-state index in [4.69, 9.17) is 11.0 Å². The lowest BCUT2D eigenvalue weighted by Gasteiger charge is -2.09. The minimum Gasteiger partial charge on any atom is -0.382 e. The second-order valence-corrected chi connectivity index (χ2v) is 7.13. The van der Waals surface area contributed by atoms with Gasteiger partial charge in [0.25, 0.3) is 0 Å². The zero-order valence-corrected chi connectivity index (χ0v) is 14.7. The molecule has 0 amide bonds. The van der Waals surface area contributed by atoms with Gasteiger partial charge in [0.1, 0.15) is 17.5 Å². The van der Waals surface area contributed by atoms with Gasteiger partial charge in [0, 0.05) is 12.2 Å². The maximum Gasteiger partial charge on any atom is 0.240 e. The predicted molar refractivity (Wildman–Crippen MR) is 95.6 cm³/mol. The number of nitrogen functional groups attached to an aromatic ring is 1. The number of nitrogens with two attached hydrogens (primary N) is 1. The van der Waals surface area contributed by atoms with Crippen molar-refractivity contribution >= 4 is 27.5 Å². The zero-order chi connectivity index (χ0) is 18.3. The van der Waals surface area contributed by atoms with Gasteiger partial charge in [-0.15, -0.1) is 0 Å². The van der Waals surface area contributed by atoms with E-state index in [1.165, 1.54) is 18.3 Å². The number of benzene rings is 1. The zero-order valence-electron chi connectivity index (χ0n) is 13.9. The molecule has 0 aliphatic rings. The van der Waals surface area contributed by atoms with E-state index in [1.807, 2.05) is 6.07 Å². The third kappa shape index (κ3) is 5.14. The molecule has 8 nitrogen and oxygen atoms in total. The minimum atomic E-state index is -3.51. The molecule has 9 heteroatoms. The normalized spacial score (nSPS) is 11.0. The predicted octanol–water partition coefficient (Wildman–Crippen LogP) is 2.14. The SMILES string of the molecule is CCCCCNS(=O)(=O)c1ccc(Nc2ncc(C#N)c(N)n2)cc1. The smallest absolute Gasteiger partial charge is 0.240 e. The Hall–Kier alpha value is -2.70. The third-order valence-electron chi connectivity index (χ3n) is 3.43. The Morgan fingerprint density at radius 2 is 1.96 bits per heavy atom. The van der Waals surface area contributed by atoms with Gasteiger partial charge in [-0.2, -0.15) is 10.2 Å². The fourth-order valence-corrected chi connectivity index (χ4v) is 3.13. The van der Waals surface area contributed by atoms with Crippen molar-refractivity contribution in [2.45, 2.75) is 31.1 Å². The maximum absolute atomic E-state index is 12.2. The lowest BCUT2D eigenvalue weighted by atomic mass is 10.3. The van der Waals surface area contributed by atoms with Crippen LogP contribution in [0.1, 0.15) is 31.7 Å². The molecule has 0 aliphatic heterocycles. The molecule has 132 valence electrons. The van der Waals surface area contributed by atoms with Crippen LogP contribution in [0.4, 0.5) is 17.5 Å². The molecule has 0 spiro atoms. The van der Waals surface area contributed by atoms with Gasteiger partial charge < -0.3 is 11.1 Å². The first kappa shape index (κ1) is 18.6. The molecule has 0 unspecified atom stereocenters. The highest BCUT2D eigenvalue weighted by Gasteiger charge is 2.13. The van der Waals surface area contributed by atoms with Crippen LogP contribution in [0, 0.1) is 11.3 Å². The Bertz CT molecular complexity index is 859. The van der Waals surface area contributed by atoms with Crippen molar-refractivity contribution in [2.24, 2.45) is 0 Å². The molecular formula is C16H20N6O2S. The number of rotatable bonds is 8. The van der Waals surface area contributed by atoms with E-state index in [2.05, 4.69) is 26.9 Å². The van der Waals surface area contributed by atoms with Crippen molar-refractivity contribution in [3.63, 3.8) is 0 Å². The van der Waals surface area contributed by atoms with Crippen molar-refractivity contribution in [2.75, 3.05) is 17.6 Å². The van der Waals surface area contributed by atoms with E-state index < -0.39 is 10.0 Å². The molecule has 0 bridgehead atoms. The summed E-state index contributed by atoms with van der Waals surface area (Å²) in [6.45, 7) is 2.49. The van der Waals surface area contributed by atoms with Crippen molar-refractivity contribution in [1.82, 2.24) is 14.7 Å². The summed E-state index contributed by atoms with van der Waals surface area (Å²) in [5.74, 6) is 0.306. The number of nitrogens with one attached hydrogen (secondary N) is 2. The second kappa shape index (κ2) is 8.41. The number of unbranched alkanes of at least 4 members (excludes halogenated alkanes) is 2. The van der Waals surface area contributed by atoms with Gasteiger partial charge in [-0.25, -0.2) is 18.1 Å². The first-order chi connectivity index (χ1) is 12.0. The van der Waals surface area contributed by atoms with Crippen LogP contribution in [0.5, 0.6) is 0 Å². The van der Waals surface area contributed by atoms with Gasteiger partial charge in [0.15, 0.2) is 0 Å². The molecule has 0 saturated heterocycles. The quantitative estimate of drug-likeness (QED) is 0.614. The number of anilines is 3. The largest absolute Gasteiger partial charge is 0.382 e. The van der Waals surface area contributed by atoms with E-state index in [9.17, 15) is 8.42 Å². The van der Waals surface area contributed by atoms with Crippen LogP contribution >= 0.6 is 0 Å². The molecular weight excluding hydrogens is 340 g/mol. The van der Waals surface area contributed by atoms with Gasteiger partial charge in [0.2, 0.25) is 16.0 Å². The monoisotopic (exact) mass is 360 g/mol. The van der Waals surface area contributed by atoms with Gasteiger partial charge in [0.05, 0.1) is 11.1 Å². The molecule has 0 atom stereocenters. The average molecular weight is 360 g/mol. The molecule has 0 radical (unpaired) electrons.